The van der Waals surface area contributed by atoms with Gasteiger partial charge in [0, 0.05) is 11.1 Å². The van der Waals surface area contributed by atoms with E-state index in [4.69, 9.17) is 16.3 Å². The summed E-state index contributed by atoms with van der Waals surface area (Å²) in [6.45, 7) is 0.734. The zero-order chi connectivity index (χ0) is 13.4. The van der Waals surface area contributed by atoms with Crippen molar-refractivity contribution < 1.29 is 9.53 Å². The van der Waals surface area contributed by atoms with E-state index in [2.05, 4.69) is 21.2 Å². The van der Waals surface area contributed by atoms with Crippen LogP contribution in [0.5, 0.6) is 0 Å². The first-order chi connectivity index (χ1) is 9.16. The van der Waals surface area contributed by atoms with Crippen LogP contribution in [-0.2, 0) is 4.74 Å². The summed E-state index contributed by atoms with van der Waals surface area (Å²) in [6.07, 6.45) is 3.51. The quantitative estimate of drug-likeness (QED) is 0.912. The SMILES string of the molecule is O=C(NC1CCOC1C1CC1)c1cccc(Br)c1Cl. The predicted octanol–water partition coefficient (Wildman–Crippen LogP) is 3.40. The van der Waals surface area contributed by atoms with Crippen LogP contribution in [-0.4, -0.2) is 24.7 Å². The smallest absolute Gasteiger partial charge is 0.253 e. The van der Waals surface area contributed by atoms with E-state index in [9.17, 15) is 4.79 Å². The molecule has 0 spiro atoms. The molecule has 3 nitrogen and oxygen atoms in total. The average Bonchev–Trinajstić information content (AvgIpc) is 3.13. The van der Waals surface area contributed by atoms with Gasteiger partial charge in [0.15, 0.2) is 0 Å². The molecule has 3 rings (SSSR count). The highest BCUT2D eigenvalue weighted by molar-refractivity contribution is 9.10. The Labute approximate surface area is 125 Å². The molecule has 2 atom stereocenters. The van der Waals surface area contributed by atoms with Crippen molar-refractivity contribution in [1.82, 2.24) is 5.32 Å². The van der Waals surface area contributed by atoms with Crippen molar-refractivity contribution in [3.63, 3.8) is 0 Å². The summed E-state index contributed by atoms with van der Waals surface area (Å²) in [5.74, 6) is 0.512. The van der Waals surface area contributed by atoms with Crippen LogP contribution in [0.1, 0.15) is 29.6 Å². The van der Waals surface area contributed by atoms with Gasteiger partial charge < -0.3 is 10.1 Å². The first-order valence-corrected chi connectivity index (χ1v) is 7.70. The molecule has 1 saturated carbocycles. The third-order valence-corrected chi connectivity index (χ3v) is 5.03. The first-order valence-electron chi connectivity index (χ1n) is 6.53. The number of carbonyl (C=O) groups is 1. The molecule has 102 valence electrons. The van der Waals surface area contributed by atoms with Crippen molar-refractivity contribution in [2.45, 2.75) is 31.4 Å². The normalized spacial score (nSPS) is 26.4. The molecule has 0 radical (unpaired) electrons. The Morgan fingerprint density at radius 3 is 2.89 bits per heavy atom. The largest absolute Gasteiger partial charge is 0.376 e. The minimum atomic E-state index is -0.118. The van der Waals surface area contributed by atoms with Crippen LogP contribution < -0.4 is 5.32 Å². The Balaban J connectivity index is 1.72. The summed E-state index contributed by atoms with van der Waals surface area (Å²) in [6, 6.07) is 5.50. The Morgan fingerprint density at radius 2 is 2.16 bits per heavy atom. The van der Waals surface area contributed by atoms with Crippen LogP contribution in [0.15, 0.2) is 22.7 Å². The predicted molar refractivity (Wildman–Crippen MR) is 77.5 cm³/mol. The fourth-order valence-electron chi connectivity index (χ4n) is 2.58. The minimum Gasteiger partial charge on any atom is -0.376 e. The number of rotatable bonds is 3. The number of hydrogen-bond acceptors (Lipinski definition) is 2. The van der Waals surface area contributed by atoms with Crippen LogP contribution in [0.3, 0.4) is 0 Å². The standard InChI is InChI=1S/C14H15BrClNO2/c15-10-3-1-2-9(12(10)16)14(18)17-11-6-7-19-13(11)8-4-5-8/h1-3,8,11,13H,4-7H2,(H,17,18). The van der Waals surface area contributed by atoms with Crippen molar-refractivity contribution in [1.29, 1.82) is 0 Å². The fraction of sp³-hybridized carbons (Fsp3) is 0.500. The summed E-state index contributed by atoms with van der Waals surface area (Å²) in [7, 11) is 0. The molecule has 1 amide bonds. The number of hydrogen-bond donors (Lipinski definition) is 1. The molecule has 1 saturated heterocycles. The number of carbonyl (C=O) groups excluding carboxylic acids is 1. The highest BCUT2D eigenvalue weighted by Gasteiger charge is 2.41. The summed E-state index contributed by atoms with van der Waals surface area (Å²) in [5.41, 5.74) is 0.512. The lowest BCUT2D eigenvalue weighted by Gasteiger charge is -2.19. The summed E-state index contributed by atoms with van der Waals surface area (Å²) < 4.78 is 6.46. The second-order valence-electron chi connectivity index (χ2n) is 5.14. The number of amides is 1. The van der Waals surface area contributed by atoms with Gasteiger partial charge in [0.05, 0.1) is 22.7 Å². The topological polar surface area (TPSA) is 38.3 Å². The van der Waals surface area contributed by atoms with Gasteiger partial charge in [-0.25, -0.2) is 0 Å². The average molecular weight is 345 g/mol. The minimum absolute atomic E-state index is 0.118. The second kappa shape index (κ2) is 5.43. The van der Waals surface area contributed by atoms with Gasteiger partial charge in [-0.15, -0.1) is 0 Å². The Bertz CT molecular complexity index is 504. The van der Waals surface area contributed by atoms with Gasteiger partial charge in [-0.2, -0.15) is 0 Å². The maximum atomic E-state index is 12.3. The highest BCUT2D eigenvalue weighted by atomic mass is 79.9. The number of halogens is 2. The van der Waals surface area contributed by atoms with E-state index in [0.29, 0.717) is 16.5 Å². The highest BCUT2D eigenvalue weighted by Crippen LogP contribution is 2.39. The van der Waals surface area contributed by atoms with E-state index in [0.717, 1.165) is 17.5 Å². The van der Waals surface area contributed by atoms with Gasteiger partial charge in [-0.3, -0.25) is 4.79 Å². The molecule has 2 unspecified atom stereocenters. The Kier molecular flexibility index (Phi) is 3.83. The van der Waals surface area contributed by atoms with E-state index < -0.39 is 0 Å². The molecule has 1 aliphatic carbocycles. The zero-order valence-electron chi connectivity index (χ0n) is 10.4. The lowest BCUT2D eigenvalue weighted by molar-refractivity contribution is 0.0729. The molecular formula is C14H15BrClNO2. The van der Waals surface area contributed by atoms with Crippen LogP contribution in [0.4, 0.5) is 0 Å². The molecule has 19 heavy (non-hydrogen) atoms. The van der Waals surface area contributed by atoms with E-state index in [1.54, 1.807) is 6.07 Å². The van der Waals surface area contributed by atoms with Crippen molar-refractivity contribution in [3.05, 3.63) is 33.3 Å². The summed E-state index contributed by atoms with van der Waals surface area (Å²) in [4.78, 5) is 12.3. The van der Waals surface area contributed by atoms with E-state index in [1.807, 2.05) is 12.1 Å². The zero-order valence-corrected chi connectivity index (χ0v) is 12.7. The molecule has 1 aliphatic heterocycles. The number of ether oxygens (including phenoxy) is 1. The molecule has 0 aromatic heterocycles. The Morgan fingerprint density at radius 1 is 1.37 bits per heavy atom. The van der Waals surface area contributed by atoms with Crippen LogP contribution >= 0.6 is 27.5 Å². The number of benzene rings is 1. The molecule has 2 aliphatic rings. The molecule has 1 N–H and O–H groups in total. The van der Waals surface area contributed by atoms with Gasteiger partial charge in [0.2, 0.25) is 0 Å². The lowest BCUT2D eigenvalue weighted by atomic mass is 10.1. The van der Waals surface area contributed by atoms with Gasteiger partial charge in [-0.05, 0) is 53.2 Å². The van der Waals surface area contributed by atoms with Gasteiger partial charge >= 0.3 is 0 Å². The maximum absolute atomic E-state index is 12.3. The molecule has 1 aromatic rings. The van der Waals surface area contributed by atoms with E-state index >= 15 is 0 Å². The van der Waals surface area contributed by atoms with E-state index in [-0.39, 0.29) is 18.1 Å². The molecular weight excluding hydrogens is 330 g/mol. The molecule has 1 aromatic carbocycles. The third-order valence-electron chi connectivity index (χ3n) is 3.74. The fourth-order valence-corrected chi connectivity index (χ4v) is 3.16. The summed E-state index contributed by atoms with van der Waals surface area (Å²) in [5, 5.41) is 3.53. The van der Waals surface area contributed by atoms with Gasteiger partial charge in [-0.1, -0.05) is 17.7 Å². The molecule has 0 bridgehead atoms. The third kappa shape index (κ3) is 2.81. The Hall–Kier alpha value is -0.580. The van der Waals surface area contributed by atoms with Crippen LogP contribution in [0, 0.1) is 5.92 Å². The number of nitrogens with one attached hydrogen (secondary N) is 1. The van der Waals surface area contributed by atoms with Gasteiger partial charge in [0.1, 0.15) is 0 Å². The first kappa shape index (κ1) is 13.4. The van der Waals surface area contributed by atoms with Crippen LogP contribution in [0.2, 0.25) is 5.02 Å². The van der Waals surface area contributed by atoms with Crippen molar-refractivity contribution in [3.8, 4) is 0 Å². The van der Waals surface area contributed by atoms with Crippen molar-refractivity contribution in [2.24, 2.45) is 5.92 Å². The molecule has 1 heterocycles. The van der Waals surface area contributed by atoms with Crippen molar-refractivity contribution in [2.75, 3.05) is 6.61 Å². The molecule has 5 heteroatoms. The monoisotopic (exact) mass is 343 g/mol. The second-order valence-corrected chi connectivity index (χ2v) is 6.38. The van der Waals surface area contributed by atoms with Gasteiger partial charge in [0.25, 0.3) is 5.91 Å². The summed E-state index contributed by atoms with van der Waals surface area (Å²) >= 11 is 9.48. The lowest BCUT2D eigenvalue weighted by Crippen LogP contribution is -2.41. The maximum Gasteiger partial charge on any atom is 0.253 e. The molecule has 2 fully saturated rings. The van der Waals surface area contributed by atoms with Crippen LogP contribution in [0.25, 0.3) is 0 Å². The van der Waals surface area contributed by atoms with Crippen molar-refractivity contribution >= 4 is 33.4 Å². The van der Waals surface area contributed by atoms with E-state index in [1.165, 1.54) is 12.8 Å².